The van der Waals surface area contributed by atoms with E-state index in [0.29, 0.717) is 17.9 Å². The Morgan fingerprint density at radius 3 is 2.87 bits per heavy atom. The number of allylic oxidation sites excluding steroid dienone is 1. The molecule has 1 heterocycles. The van der Waals surface area contributed by atoms with Crippen molar-refractivity contribution in [3.63, 3.8) is 0 Å². The van der Waals surface area contributed by atoms with Gasteiger partial charge < -0.3 is 9.84 Å². The molecule has 1 atom stereocenters. The second-order valence-corrected chi connectivity index (χ2v) is 4.95. The van der Waals surface area contributed by atoms with Crippen molar-refractivity contribution in [2.75, 3.05) is 0 Å². The van der Waals surface area contributed by atoms with Gasteiger partial charge in [0.1, 0.15) is 5.75 Å². The maximum Gasteiger partial charge on any atom is 0.344 e. The molecular formula is C17H18N2O4. The highest BCUT2D eigenvalue weighted by molar-refractivity contribution is 6.06. The highest BCUT2D eigenvalue weighted by Gasteiger charge is 2.12. The van der Waals surface area contributed by atoms with Gasteiger partial charge in [-0.15, -0.1) is 0 Å². The Balaban J connectivity index is 2.07. The topological polar surface area (TPSA) is 81.4 Å². The van der Waals surface area contributed by atoms with Crippen LogP contribution in [0.15, 0.2) is 42.7 Å². The number of hydrogen-bond donors (Lipinski definition) is 1. The number of benzene rings is 1. The summed E-state index contributed by atoms with van der Waals surface area (Å²) in [6.07, 6.45) is 5.40. The van der Waals surface area contributed by atoms with E-state index >= 15 is 0 Å². The van der Waals surface area contributed by atoms with E-state index in [1.54, 1.807) is 41.2 Å². The van der Waals surface area contributed by atoms with Gasteiger partial charge in [0, 0.05) is 12.7 Å². The number of ether oxygens (including phenoxy) is 1. The number of carbonyl (C=O) groups is 2. The number of carboxylic acids is 1. The van der Waals surface area contributed by atoms with Gasteiger partial charge in [-0.25, -0.2) is 4.79 Å². The van der Waals surface area contributed by atoms with Crippen LogP contribution in [0.2, 0.25) is 0 Å². The zero-order valence-corrected chi connectivity index (χ0v) is 13.0. The number of nitrogens with zero attached hydrogens (tertiary/aromatic N) is 2. The highest BCUT2D eigenvalue weighted by atomic mass is 16.5. The van der Waals surface area contributed by atoms with Gasteiger partial charge in [-0.1, -0.05) is 18.2 Å². The largest absolute Gasteiger partial charge is 0.479 e. The van der Waals surface area contributed by atoms with Crippen LogP contribution in [0.4, 0.5) is 0 Å². The van der Waals surface area contributed by atoms with Crippen molar-refractivity contribution in [1.29, 1.82) is 0 Å². The van der Waals surface area contributed by atoms with E-state index < -0.39 is 12.1 Å². The lowest BCUT2D eigenvalue weighted by atomic mass is 10.1. The first-order chi connectivity index (χ1) is 11.0. The molecule has 0 fully saturated rings. The van der Waals surface area contributed by atoms with Gasteiger partial charge in [0.2, 0.25) is 0 Å². The summed E-state index contributed by atoms with van der Waals surface area (Å²) < 4.78 is 6.98. The molecule has 0 amide bonds. The second-order valence-electron chi connectivity index (χ2n) is 4.95. The van der Waals surface area contributed by atoms with Crippen LogP contribution < -0.4 is 4.74 Å². The molecule has 0 saturated heterocycles. The van der Waals surface area contributed by atoms with Crippen LogP contribution in [-0.4, -0.2) is 32.7 Å². The van der Waals surface area contributed by atoms with E-state index in [1.807, 2.05) is 6.92 Å². The molecule has 6 nitrogen and oxygen atoms in total. The number of carboxylic acid groups (broad SMARTS) is 1. The lowest BCUT2D eigenvalue weighted by Gasteiger charge is -2.10. The zero-order valence-electron chi connectivity index (χ0n) is 13.0. The molecule has 0 saturated carbocycles. The Hall–Kier alpha value is -2.89. The van der Waals surface area contributed by atoms with Crippen LogP contribution in [0.25, 0.3) is 6.08 Å². The van der Waals surface area contributed by atoms with Crippen LogP contribution in [0.3, 0.4) is 0 Å². The predicted molar refractivity (Wildman–Crippen MR) is 85.4 cm³/mol. The Morgan fingerprint density at radius 1 is 1.43 bits per heavy atom. The van der Waals surface area contributed by atoms with Crippen LogP contribution >= 0.6 is 0 Å². The van der Waals surface area contributed by atoms with Crippen molar-refractivity contribution in [3.8, 4) is 5.75 Å². The smallest absolute Gasteiger partial charge is 0.344 e. The summed E-state index contributed by atoms with van der Waals surface area (Å²) in [6.45, 7) is 4.11. The molecular weight excluding hydrogens is 296 g/mol. The van der Waals surface area contributed by atoms with Crippen molar-refractivity contribution in [2.24, 2.45) is 0 Å². The molecule has 120 valence electrons. The molecule has 2 rings (SSSR count). The van der Waals surface area contributed by atoms with Gasteiger partial charge in [0.05, 0.1) is 11.8 Å². The molecule has 0 aliphatic rings. The average Bonchev–Trinajstić information content (AvgIpc) is 3.02. The standard InChI is InChI=1S/C17H18N2O4/c1-3-19-11-14(10-18-19)16(20)8-7-13-5-4-6-15(9-13)23-12(2)17(21)22/h4-12H,3H2,1-2H3,(H,21,22). The minimum Gasteiger partial charge on any atom is -0.479 e. The Bertz CT molecular complexity index is 734. The molecule has 1 aromatic carbocycles. The summed E-state index contributed by atoms with van der Waals surface area (Å²) in [5.41, 5.74) is 1.27. The molecule has 23 heavy (non-hydrogen) atoms. The molecule has 0 aliphatic heterocycles. The highest BCUT2D eigenvalue weighted by Crippen LogP contribution is 2.16. The third kappa shape index (κ3) is 4.54. The molecule has 0 spiro atoms. The first-order valence-electron chi connectivity index (χ1n) is 7.24. The predicted octanol–water partition coefficient (Wildman–Crippen LogP) is 2.65. The zero-order chi connectivity index (χ0) is 16.8. The Morgan fingerprint density at radius 2 is 2.22 bits per heavy atom. The first kappa shape index (κ1) is 16.5. The minimum atomic E-state index is -1.03. The second kappa shape index (κ2) is 7.40. The van der Waals surface area contributed by atoms with Crippen LogP contribution in [0, 0.1) is 0 Å². The SMILES string of the molecule is CCn1cc(C(=O)C=Cc2cccc(OC(C)C(=O)O)c2)cn1. The van der Waals surface area contributed by atoms with Gasteiger partial charge in [0.15, 0.2) is 11.9 Å². The number of carbonyl (C=O) groups excluding carboxylic acids is 1. The van der Waals surface area contributed by atoms with Crippen molar-refractivity contribution in [3.05, 3.63) is 53.9 Å². The van der Waals surface area contributed by atoms with Crippen molar-refractivity contribution in [1.82, 2.24) is 9.78 Å². The number of aromatic nitrogens is 2. The van der Waals surface area contributed by atoms with Crippen molar-refractivity contribution >= 4 is 17.8 Å². The van der Waals surface area contributed by atoms with Crippen molar-refractivity contribution < 1.29 is 19.4 Å². The lowest BCUT2D eigenvalue weighted by molar-refractivity contribution is -0.144. The molecule has 0 bridgehead atoms. The van der Waals surface area contributed by atoms with Gasteiger partial charge >= 0.3 is 5.97 Å². The fourth-order valence-electron chi connectivity index (χ4n) is 1.88. The number of aryl methyl sites for hydroxylation is 1. The van der Waals surface area contributed by atoms with E-state index in [9.17, 15) is 9.59 Å². The number of hydrogen-bond acceptors (Lipinski definition) is 4. The van der Waals surface area contributed by atoms with Crippen LogP contribution in [0.1, 0.15) is 29.8 Å². The Labute approximate surface area is 134 Å². The third-order valence-electron chi connectivity index (χ3n) is 3.19. The molecule has 0 aliphatic carbocycles. The van der Waals surface area contributed by atoms with Crippen molar-refractivity contribution in [2.45, 2.75) is 26.5 Å². The molecule has 2 aromatic rings. The summed E-state index contributed by atoms with van der Waals surface area (Å²) in [4.78, 5) is 22.8. The molecule has 1 aromatic heterocycles. The Kier molecular flexibility index (Phi) is 5.30. The number of rotatable bonds is 7. The third-order valence-corrected chi connectivity index (χ3v) is 3.19. The average molecular weight is 314 g/mol. The molecule has 1 unspecified atom stereocenters. The van der Waals surface area contributed by atoms with E-state index in [0.717, 1.165) is 5.56 Å². The number of aliphatic carboxylic acids is 1. The van der Waals surface area contributed by atoms with Crippen LogP contribution in [-0.2, 0) is 11.3 Å². The lowest BCUT2D eigenvalue weighted by Crippen LogP contribution is -2.22. The fraction of sp³-hybridized carbons (Fsp3) is 0.235. The van der Waals surface area contributed by atoms with Gasteiger partial charge in [0.25, 0.3) is 0 Å². The quantitative estimate of drug-likeness (QED) is 0.627. The van der Waals surface area contributed by atoms with Gasteiger partial charge in [-0.05, 0) is 37.6 Å². The van der Waals surface area contributed by atoms with Gasteiger partial charge in [-0.3, -0.25) is 9.48 Å². The van der Waals surface area contributed by atoms with E-state index in [1.165, 1.54) is 19.2 Å². The molecule has 1 N–H and O–H groups in total. The van der Waals surface area contributed by atoms with Crippen LogP contribution in [0.5, 0.6) is 5.75 Å². The summed E-state index contributed by atoms with van der Waals surface area (Å²) >= 11 is 0. The maximum absolute atomic E-state index is 12.1. The van der Waals surface area contributed by atoms with E-state index in [2.05, 4.69) is 5.10 Å². The summed E-state index contributed by atoms with van der Waals surface area (Å²) in [5, 5.41) is 12.9. The molecule has 6 heteroatoms. The van der Waals surface area contributed by atoms with E-state index in [4.69, 9.17) is 9.84 Å². The summed E-state index contributed by atoms with van der Waals surface area (Å²) in [7, 11) is 0. The number of ketones is 1. The minimum absolute atomic E-state index is 0.144. The van der Waals surface area contributed by atoms with E-state index in [-0.39, 0.29) is 5.78 Å². The van der Waals surface area contributed by atoms with Gasteiger partial charge in [-0.2, -0.15) is 5.10 Å². The summed E-state index contributed by atoms with van der Waals surface area (Å²) in [5.74, 6) is -0.739. The maximum atomic E-state index is 12.1. The monoisotopic (exact) mass is 314 g/mol. The fourth-order valence-corrected chi connectivity index (χ4v) is 1.88. The summed E-state index contributed by atoms with van der Waals surface area (Å²) in [6, 6.07) is 6.89. The first-order valence-corrected chi connectivity index (χ1v) is 7.24. The normalized spacial score (nSPS) is 12.3. The molecule has 0 radical (unpaired) electrons.